The number of hydrogen-bond acceptors (Lipinski definition) is 2. The summed E-state index contributed by atoms with van der Waals surface area (Å²) in [4.78, 5) is 17.3. The Hall–Kier alpha value is -1.30. The first-order chi connectivity index (χ1) is 10.0. The van der Waals surface area contributed by atoms with E-state index in [0.29, 0.717) is 17.4 Å². The van der Waals surface area contributed by atoms with Gasteiger partial charge in [-0.25, -0.2) is 4.39 Å². The normalized spacial score (nSPS) is 19.2. The number of rotatable bonds is 1. The molecule has 0 bridgehead atoms. The van der Waals surface area contributed by atoms with Crippen LogP contribution in [0.5, 0.6) is 0 Å². The van der Waals surface area contributed by atoms with Crippen LogP contribution in [-0.4, -0.2) is 41.5 Å². The number of halogens is 3. The van der Waals surface area contributed by atoms with Gasteiger partial charge in [-0.3, -0.25) is 4.79 Å². The van der Waals surface area contributed by atoms with E-state index >= 15 is 0 Å². The molecule has 1 amide bonds. The van der Waals surface area contributed by atoms with Crippen molar-refractivity contribution in [3.63, 3.8) is 0 Å². The third-order valence-corrected chi connectivity index (χ3v) is 4.52. The molecule has 2 aromatic rings. The third kappa shape index (κ3) is 2.39. The highest BCUT2D eigenvalue weighted by atomic mass is 35.5. The number of carbonyl (C=O) groups is 1. The van der Waals surface area contributed by atoms with Crippen LogP contribution in [0.25, 0.3) is 10.9 Å². The van der Waals surface area contributed by atoms with Gasteiger partial charge in [-0.15, -0.1) is 0 Å². The Morgan fingerprint density at radius 1 is 1.38 bits per heavy atom. The molecule has 0 radical (unpaired) electrons. The number of nitrogens with one attached hydrogen (secondary N) is 2. The van der Waals surface area contributed by atoms with Crippen LogP contribution in [0.15, 0.2) is 12.1 Å². The van der Waals surface area contributed by atoms with E-state index < -0.39 is 5.82 Å². The summed E-state index contributed by atoms with van der Waals surface area (Å²) in [6.07, 6.45) is 0. The van der Waals surface area contributed by atoms with Crippen molar-refractivity contribution in [1.29, 1.82) is 0 Å². The minimum Gasteiger partial charge on any atom is -0.349 e. The minimum absolute atomic E-state index is 0.0684. The number of piperazine rings is 1. The fraction of sp³-hybridized carbons (Fsp3) is 0.357. The summed E-state index contributed by atoms with van der Waals surface area (Å²) in [6.45, 7) is 4.04. The van der Waals surface area contributed by atoms with E-state index in [9.17, 15) is 9.18 Å². The fourth-order valence-electron chi connectivity index (χ4n) is 2.62. The standard InChI is InChI=1S/C14H14Cl2FN3O/c1-7-6-18-4-5-20(7)14(21)13-12(16)10-9(19-13)3-2-8(17)11(10)15/h2-3,7,18-19H,4-6H2,1H3/t7-/m0/s1. The maximum Gasteiger partial charge on any atom is 0.272 e. The average molecular weight is 330 g/mol. The number of aromatic amines is 1. The topological polar surface area (TPSA) is 48.1 Å². The quantitative estimate of drug-likeness (QED) is 0.844. The summed E-state index contributed by atoms with van der Waals surface area (Å²) in [5.74, 6) is -0.749. The largest absolute Gasteiger partial charge is 0.349 e. The summed E-state index contributed by atoms with van der Waals surface area (Å²) in [7, 11) is 0. The molecule has 4 nitrogen and oxygen atoms in total. The van der Waals surface area contributed by atoms with Crippen molar-refractivity contribution in [1.82, 2.24) is 15.2 Å². The number of benzene rings is 1. The molecule has 3 rings (SSSR count). The molecule has 2 N–H and O–H groups in total. The van der Waals surface area contributed by atoms with E-state index in [1.54, 1.807) is 4.90 Å². The molecule has 1 aromatic carbocycles. The number of amides is 1. The van der Waals surface area contributed by atoms with Crippen molar-refractivity contribution in [3.05, 3.63) is 33.7 Å². The van der Waals surface area contributed by atoms with Gasteiger partial charge >= 0.3 is 0 Å². The zero-order chi connectivity index (χ0) is 15.1. The first-order valence-electron chi connectivity index (χ1n) is 6.67. The second kappa shape index (κ2) is 5.48. The van der Waals surface area contributed by atoms with Gasteiger partial charge in [0.25, 0.3) is 5.91 Å². The van der Waals surface area contributed by atoms with Crippen molar-refractivity contribution < 1.29 is 9.18 Å². The molecule has 0 unspecified atom stereocenters. The number of nitrogens with zero attached hydrogens (tertiary/aromatic N) is 1. The second-order valence-corrected chi connectivity index (χ2v) is 5.91. The highest BCUT2D eigenvalue weighted by molar-refractivity contribution is 6.44. The van der Waals surface area contributed by atoms with Gasteiger partial charge in [-0.05, 0) is 19.1 Å². The molecule has 0 saturated carbocycles. The maximum atomic E-state index is 13.5. The maximum absolute atomic E-state index is 13.5. The molecule has 1 fully saturated rings. The van der Waals surface area contributed by atoms with Crippen molar-refractivity contribution >= 4 is 40.0 Å². The monoisotopic (exact) mass is 329 g/mol. The molecule has 1 aliphatic rings. The number of carbonyl (C=O) groups excluding carboxylic acids is 1. The smallest absolute Gasteiger partial charge is 0.272 e. The van der Waals surface area contributed by atoms with Crippen molar-refractivity contribution in [2.24, 2.45) is 0 Å². The predicted octanol–water partition coefficient (Wildman–Crippen LogP) is 3.05. The predicted molar refractivity (Wildman–Crippen MR) is 81.6 cm³/mol. The van der Waals surface area contributed by atoms with E-state index in [1.165, 1.54) is 12.1 Å². The van der Waals surface area contributed by atoms with E-state index in [4.69, 9.17) is 23.2 Å². The van der Waals surface area contributed by atoms with E-state index in [2.05, 4.69) is 10.3 Å². The second-order valence-electron chi connectivity index (χ2n) is 5.15. The molecule has 0 aliphatic carbocycles. The molecule has 0 spiro atoms. The van der Waals surface area contributed by atoms with Crippen LogP contribution in [0.1, 0.15) is 17.4 Å². The Balaban J connectivity index is 2.06. The Kier molecular flexibility index (Phi) is 3.82. The van der Waals surface area contributed by atoms with E-state index in [0.717, 1.165) is 13.1 Å². The van der Waals surface area contributed by atoms with Crippen LogP contribution in [0.4, 0.5) is 4.39 Å². The minimum atomic E-state index is -0.556. The number of aromatic nitrogens is 1. The number of hydrogen-bond donors (Lipinski definition) is 2. The summed E-state index contributed by atoms with van der Waals surface area (Å²) in [5.41, 5.74) is 0.811. The van der Waals surface area contributed by atoms with Crippen molar-refractivity contribution in [3.8, 4) is 0 Å². The van der Waals surface area contributed by atoms with Gasteiger partial charge in [0.05, 0.1) is 10.0 Å². The average Bonchev–Trinajstić information content (AvgIpc) is 2.80. The van der Waals surface area contributed by atoms with Gasteiger partial charge in [0.2, 0.25) is 0 Å². The van der Waals surface area contributed by atoms with Crippen LogP contribution in [0.3, 0.4) is 0 Å². The lowest BCUT2D eigenvalue weighted by molar-refractivity contribution is 0.0651. The summed E-state index contributed by atoms with van der Waals surface area (Å²) >= 11 is 12.2. The Morgan fingerprint density at radius 3 is 2.86 bits per heavy atom. The molecule has 1 saturated heterocycles. The number of H-pyrrole nitrogens is 1. The number of fused-ring (bicyclic) bond motifs is 1. The van der Waals surface area contributed by atoms with Gasteiger partial charge in [0.15, 0.2) is 0 Å². The Morgan fingerprint density at radius 2 is 2.14 bits per heavy atom. The van der Waals surface area contributed by atoms with Gasteiger partial charge in [0, 0.05) is 36.6 Å². The Bertz CT molecular complexity index is 716. The van der Waals surface area contributed by atoms with Gasteiger partial charge < -0.3 is 15.2 Å². The zero-order valence-electron chi connectivity index (χ0n) is 11.3. The first-order valence-corrected chi connectivity index (χ1v) is 7.43. The summed E-state index contributed by atoms with van der Waals surface area (Å²) < 4.78 is 13.5. The van der Waals surface area contributed by atoms with E-state index in [-0.39, 0.29) is 27.7 Å². The van der Waals surface area contributed by atoms with E-state index in [1.807, 2.05) is 6.92 Å². The van der Waals surface area contributed by atoms with Crippen LogP contribution < -0.4 is 5.32 Å². The SMILES string of the molecule is C[C@H]1CNCCN1C(=O)c1[nH]c2ccc(F)c(Cl)c2c1Cl. The molecule has 21 heavy (non-hydrogen) atoms. The lowest BCUT2D eigenvalue weighted by Crippen LogP contribution is -2.52. The molecule has 7 heteroatoms. The molecule has 1 aromatic heterocycles. The molecule has 112 valence electrons. The Labute approximate surface area is 131 Å². The van der Waals surface area contributed by atoms with Crippen LogP contribution in [0, 0.1) is 5.82 Å². The highest BCUT2D eigenvalue weighted by Crippen LogP contribution is 2.35. The van der Waals surface area contributed by atoms with Crippen LogP contribution in [-0.2, 0) is 0 Å². The lowest BCUT2D eigenvalue weighted by atomic mass is 10.2. The molecular weight excluding hydrogens is 316 g/mol. The van der Waals surface area contributed by atoms with Gasteiger partial charge in [0.1, 0.15) is 11.5 Å². The van der Waals surface area contributed by atoms with Crippen LogP contribution in [0.2, 0.25) is 10.0 Å². The van der Waals surface area contributed by atoms with Gasteiger partial charge in [-0.1, -0.05) is 23.2 Å². The zero-order valence-corrected chi connectivity index (χ0v) is 12.9. The highest BCUT2D eigenvalue weighted by Gasteiger charge is 2.28. The summed E-state index contributed by atoms with van der Waals surface area (Å²) in [6, 6.07) is 2.85. The lowest BCUT2D eigenvalue weighted by Gasteiger charge is -2.33. The molecule has 1 aliphatic heterocycles. The first kappa shape index (κ1) is 14.6. The van der Waals surface area contributed by atoms with Crippen molar-refractivity contribution in [2.45, 2.75) is 13.0 Å². The molecule has 2 heterocycles. The van der Waals surface area contributed by atoms with Gasteiger partial charge in [-0.2, -0.15) is 0 Å². The summed E-state index contributed by atoms with van der Waals surface area (Å²) in [5, 5.41) is 3.68. The fourth-order valence-corrected chi connectivity index (χ4v) is 3.25. The molecule has 1 atom stereocenters. The molecular formula is C14H14Cl2FN3O. The van der Waals surface area contributed by atoms with Crippen LogP contribution >= 0.6 is 23.2 Å². The third-order valence-electron chi connectivity index (χ3n) is 3.77. The van der Waals surface area contributed by atoms with Crippen molar-refractivity contribution in [2.75, 3.05) is 19.6 Å².